The highest BCUT2D eigenvalue weighted by Crippen LogP contribution is 2.30. The second-order valence-electron chi connectivity index (χ2n) is 7.87. The number of pyridine rings is 1. The van der Waals surface area contributed by atoms with Gasteiger partial charge in [0, 0.05) is 24.9 Å². The number of likely N-dealkylation sites (tertiary alicyclic amines) is 1. The zero-order valence-corrected chi connectivity index (χ0v) is 17.5. The minimum Gasteiger partial charge on any atom is -0.466 e. The molecule has 2 aromatic heterocycles. The van der Waals surface area contributed by atoms with Gasteiger partial charge in [0.15, 0.2) is 0 Å². The van der Waals surface area contributed by atoms with E-state index in [-0.39, 0.29) is 5.97 Å². The molecule has 1 aliphatic rings. The van der Waals surface area contributed by atoms with Crippen molar-refractivity contribution < 1.29 is 9.53 Å². The second kappa shape index (κ2) is 9.72. The van der Waals surface area contributed by atoms with Crippen LogP contribution < -0.4 is 0 Å². The SMILES string of the molecule is COC(=O)C=Cc1ccc(C2CCCCCN2CCc2cnn3ccccc23)cc1. The molecule has 0 amide bonds. The molecule has 4 rings (SSSR count). The van der Waals surface area contributed by atoms with Gasteiger partial charge in [-0.1, -0.05) is 43.2 Å². The zero-order chi connectivity index (χ0) is 20.8. The van der Waals surface area contributed by atoms with Gasteiger partial charge in [-0.3, -0.25) is 4.90 Å². The number of carbonyl (C=O) groups excluding carboxylic acids is 1. The van der Waals surface area contributed by atoms with Crippen LogP contribution in [0.15, 0.2) is 60.9 Å². The van der Waals surface area contributed by atoms with Crippen molar-refractivity contribution in [1.29, 1.82) is 0 Å². The Morgan fingerprint density at radius 1 is 1.17 bits per heavy atom. The van der Waals surface area contributed by atoms with Gasteiger partial charge in [-0.2, -0.15) is 5.10 Å². The quantitative estimate of drug-likeness (QED) is 0.443. The fraction of sp³-hybridized carbons (Fsp3) is 0.360. The summed E-state index contributed by atoms with van der Waals surface area (Å²) >= 11 is 0. The second-order valence-corrected chi connectivity index (χ2v) is 7.87. The van der Waals surface area contributed by atoms with Crippen molar-refractivity contribution in [2.45, 2.75) is 38.1 Å². The minimum absolute atomic E-state index is 0.332. The van der Waals surface area contributed by atoms with Crippen molar-refractivity contribution in [3.63, 3.8) is 0 Å². The smallest absolute Gasteiger partial charge is 0.330 e. The van der Waals surface area contributed by atoms with E-state index in [1.807, 2.05) is 23.0 Å². The highest BCUT2D eigenvalue weighted by molar-refractivity contribution is 5.86. The molecule has 1 aliphatic heterocycles. The third kappa shape index (κ3) is 4.79. The molecule has 1 atom stereocenters. The van der Waals surface area contributed by atoms with Crippen LogP contribution in [0.1, 0.15) is 48.4 Å². The molecule has 5 nitrogen and oxygen atoms in total. The number of esters is 1. The van der Waals surface area contributed by atoms with Crippen LogP contribution in [0, 0.1) is 0 Å². The average molecular weight is 404 g/mol. The van der Waals surface area contributed by atoms with Crippen molar-refractivity contribution in [2.75, 3.05) is 20.2 Å². The molecule has 0 radical (unpaired) electrons. The Morgan fingerprint density at radius 2 is 2.03 bits per heavy atom. The van der Waals surface area contributed by atoms with E-state index >= 15 is 0 Å². The Bertz CT molecular complexity index is 1010. The summed E-state index contributed by atoms with van der Waals surface area (Å²) in [7, 11) is 1.39. The van der Waals surface area contributed by atoms with Gasteiger partial charge < -0.3 is 4.74 Å². The first-order chi connectivity index (χ1) is 14.7. The van der Waals surface area contributed by atoms with Crippen LogP contribution in [0.3, 0.4) is 0 Å². The minimum atomic E-state index is -0.332. The first-order valence-corrected chi connectivity index (χ1v) is 10.8. The number of hydrogen-bond donors (Lipinski definition) is 0. The molecule has 0 saturated carbocycles. The first-order valence-electron chi connectivity index (χ1n) is 10.8. The molecule has 1 unspecified atom stereocenters. The van der Waals surface area contributed by atoms with E-state index in [4.69, 9.17) is 0 Å². The number of nitrogens with zero attached hydrogens (tertiary/aromatic N) is 3. The number of methoxy groups -OCH3 is 1. The summed E-state index contributed by atoms with van der Waals surface area (Å²) in [4.78, 5) is 13.9. The Hall–Kier alpha value is -2.92. The predicted octanol–water partition coefficient (Wildman–Crippen LogP) is 4.68. The molecule has 0 N–H and O–H groups in total. The Balaban J connectivity index is 1.47. The summed E-state index contributed by atoms with van der Waals surface area (Å²) < 4.78 is 6.62. The van der Waals surface area contributed by atoms with Gasteiger partial charge in [-0.25, -0.2) is 9.31 Å². The topological polar surface area (TPSA) is 46.8 Å². The van der Waals surface area contributed by atoms with Gasteiger partial charge in [0.2, 0.25) is 0 Å². The van der Waals surface area contributed by atoms with Crippen molar-refractivity contribution in [3.8, 4) is 0 Å². The molecular formula is C25H29N3O2. The lowest BCUT2D eigenvalue weighted by Gasteiger charge is -2.30. The van der Waals surface area contributed by atoms with E-state index in [2.05, 4.69) is 51.1 Å². The molecule has 5 heteroatoms. The van der Waals surface area contributed by atoms with Crippen LogP contribution >= 0.6 is 0 Å². The summed E-state index contributed by atoms with van der Waals surface area (Å²) in [6.07, 6.45) is 13.3. The monoisotopic (exact) mass is 403 g/mol. The maximum atomic E-state index is 11.3. The van der Waals surface area contributed by atoms with Crippen LogP contribution in [0.25, 0.3) is 11.6 Å². The summed E-state index contributed by atoms with van der Waals surface area (Å²) in [6.45, 7) is 2.17. The number of rotatable bonds is 6. The number of ether oxygens (including phenoxy) is 1. The highest BCUT2D eigenvalue weighted by Gasteiger charge is 2.22. The third-order valence-electron chi connectivity index (χ3n) is 5.97. The maximum Gasteiger partial charge on any atom is 0.330 e. The van der Waals surface area contributed by atoms with Crippen LogP contribution in [0.2, 0.25) is 0 Å². The third-order valence-corrected chi connectivity index (χ3v) is 5.97. The normalized spacial score (nSPS) is 18.0. The number of benzene rings is 1. The van der Waals surface area contributed by atoms with Gasteiger partial charge in [0.25, 0.3) is 0 Å². The van der Waals surface area contributed by atoms with Crippen LogP contribution in [-0.2, 0) is 16.0 Å². The van der Waals surface area contributed by atoms with Gasteiger partial charge >= 0.3 is 5.97 Å². The van der Waals surface area contributed by atoms with Crippen LogP contribution in [-0.4, -0.2) is 40.7 Å². The highest BCUT2D eigenvalue weighted by atomic mass is 16.5. The number of hydrogen-bond acceptors (Lipinski definition) is 4. The fourth-order valence-electron chi connectivity index (χ4n) is 4.32. The molecular weight excluding hydrogens is 374 g/mol. The summed E-state index contributed by atoms with van der Waals surface area (Å²) in [5, 5.41) is 4.48. The van der Waals surface area contributed by atoms with Crippen LogP contribution in [0.4, 0.5) is 0 Å². The van der Waals surface area contributed by atoms with E-state index in [0.717, 1.165) is 25.1 Å². The van der Waals surface area contributed by atoms with E-state index < -0.39 is 0 Å². The maximum absolute atomic E-state index is 11.3. The Kier molecular flexibility index (Phi) is 6.60. The van der Waals surface area contributed by atoms with Crippen molar-refractivity contribution in [2.24, 2.45) is 0 Å². The Labute approximate surface area is 178 Å². The van der Waals surface area contributed by atoms with Gasteiger partial charge in [0.05, 0.1) is 18.8 Å². The van der Waals surface area contributed by atoms with Crippen molar-refractivity contribution in [1.82, 2.24) is 14.5 Å². The fourth-order valence-corrected chi connectivity index (χ4v) is 4.32. The molecule has 3 aromatic rings. The molecule has 30 heavy (non-hydrogen) atoms. The molecule has 0 bridgehead atoms. The van der Waals surface area contributed by atoms with E-state index in [1.54, 1.807) is 6.08 Å². The molecule has 1 saturated heterocycles. The predicted molar refractivity (Wildman–Crippen MR) is 119 cm³/mol. The molecule has 0 spiro atoms. The lowest BCUT2D eigenvalue weighted by molar-refractivity contribution is -0.134. The van der Waals surface area contributed by atoms with E-state index in [9.17, 15) is 4.79 Å². The average Bonchev–Trinajstić information content (AvgIpc) is 3.05. The van der Waals surface area contributed by atoms with E-state index in [0.29, 0.717) is 6.04 Å². The van der Waals surface area contributed by atoms with Crippen molar-refractivity contribution >= 4 is 17.6 Å². The standard InChI is InChI=1S/C25H29N3O2/c1-30-25(29)14-11-20-9-12-21(13-10-20)23-7-3-2-5-16-27(23)18-15-22-19-26-28-17-6-4-8-24(22)28/h4,6,8-14,17,19,23H,2-3,5,7,15-16,18H2,1H3. The van der Waals surface area contributed by atoms with Gasteiger partial charge in [-0.15, -0.1) is 0 Å². The zero-order valence-electron chi connectivity index (χ0n) is 17.5. The molecule has 0 aliphatic carbocycles. The molecule has 156 valence electrons. The van der Waals surface area contributed by atoms with Crippen LogP contribution in [0.5, 0.6) is 0 Å². The number of fused-ring (bicyclic) bond motifs is 1. The van der Waals surface area contributed by atoms with Gasteiger partial charge in [-0.05, 0) is 60.7 Å². The van der Waals surface area contributed by atoms with Crippen molar-refractivity contribution in [3.05, 3.63) is 77.6 Å². The first kappa shape index (κ1) is 20.4. The number of carbonyl (C=O) groups is 1. The largest absolute Gasteiger partial charge is 0.466 e. The van der Waals surface area contributed by atoms with E-state index in [1.165, 1.54) is 55.5 Å². The molecule has 1 fully saturated rings. The summed E-state index contributed by atoms with van der Waals surface area (Å²) in [6, 6.07) is 15.2. The lowest BCUT2D eigenvalue weighted by atomic mass is 9.99. The number of aromatic nitrogens is 2. The summed E-state index contributed by atoms with van der Waals surface area (Å²) in [5.41, 5.74) is 4.87. The molecule has 1 aromatic carbocycles. The summed E-state index contributed by atoms with van der Waals surface area (Å²) in [5.74, 6) is -0.332. The van der Waals surface area contributed by atoms with Gasteiger partial charge in [0.1, 0.15) is 0 Å². The lowest BCUT2D eigenvalue weighted by Crippen LogP contribution is -2.30. The molecule has 3 heterocycles. The Morgan fingerprint density at radius 3 is 2.87 bits per heavy atom.